The number of rotatable bonds is 3. The van der Waals surface area contributed by atoms with Crippen LogP contribution in [0.15, 0.2) is 11.4 Å². The zero-order valence-electron chi connectivity index (χ0n) is 10.8. The predicted molar refractivity (Wildman–Crippen MR) is 71.3 cm³/mol. The van der Waals surface area contributed by atoms with Crippen molar-refractivity contribution in [2.24, 2.45) is 0 Å². The number of carbonyl (C=O) groups is 1. The Hall–Kier alpha value is -0.870. The quantitative estimate of drug-likeness (QED) is 0.823. The van der Waals surface area contributed by atoms with Gasteiger partial charge in [0.1, 0.15) is 0 Å². The maximum atomic E-state index is 11.6. The van der Waals surface area contributed by atoms with E-state index in [9.17, 15) is 4.79 Å². The molecule has 2 rings (SSSR count). The van der Waals surface area contributed by atoms with Gasteiger partial charge in [-0.25, -0.2) is 0 Å². The third kappa shape index (κ3) is 2.69. The average molecular weight is 252 g/mol. The number of hydrogen-bond acceptors (Lipinski definition) is 3. The fourth-order valence-electron chi connectivity index (χ4n) is 2.33. The van der Waals surface area contributed by atoms with E-state index in [2.05, 4.69) is 23.3 Å². The molecule has 1 atom stereocenters. The Balaban J connectivity index is 1.94. The van der Waals surface area contributed by atoms with Crippen molar-refractivity contribution in [1.29, 1.82) is 0 Å². The molecule has 1 aliphatic heterocycles. The number of carbonyl (C=O) groups excluding carboxylic acids is 1. The lowest BCUT2D eigenvalue weighted by atomic mass is 10.0. The second kappa shape index (κ2) is 5.19. The van der Waals surface area contributed by atoms with E-state index in [1.807, 2.05) is 25.4 Å². The van der Waals surface area contributed by atoms with Crippen LogP contribution in [-0.2, 0) is 11.2 Å². The summed E-state index contributed by atoms with van der Waals surface area (Å²) in [6.45, 7) is 4.19. The van der Waals surface area contributed by atoms with Gasteiger partial charge in [-0.1, -0.05) is 0 Å². The molecule has 0 spiro atoms. The van der Waals surface area contributed by atoms with Crippen molar-refractivity contribution in [3.8, 4) is 0 Å². The lowest BCUT2D eigenvalue weighted by Crippen LogP contribution is -2.36. The smallest absolute Gasteiger partial charge is 0.223 e. The first kappa shape index (κ1) is 12.6. The van der Waals surface area contributed by atoms with Crippen LogP contribution in [0.3, 0.4) is 0 Å². The Morgan fingerprint density at radius 3 is 3.06 bits per heavy atom. The van der Waals surface area contributed by atoms with E-state index in [0.717, 1.165) is 19.5 Å². The van der Waals surface area contributed by atoms with Crippen molar-refractivity contribution in [3.05, 3.63) is 21.9 Å². The molecule has 0 aliphatic carbocycles. The summed E-state index contributed by atoms with van der Waals surface area (Å²) < 4.78 is 0. The van der Waals surface area contributed by atoms with Gasteiger partial charge in [-0.3, -0.25) is 9.69 Å². The Kier molecular flexibility index (Phi) is 3.84. The molecule has 0 saturated heterocycles. The standard InChI is InChI=1S/C13H20N2OS/c1-10-11-6-9-17-12(11)4-7-15(10)8-5-13(16)14(2)3/h6,9-10H,4-5,7-8H2,1-3H3. The average Bonchev–Trinajstić information content (AvgIpc) is 2.76. The highest BCUT2D eigenvalue weighted by molar-refractivity contribution is 7.10. The van der Waals surface area contributed by atoms with E-state index in [0.29, 0.717) is 12.5 Å². The van der Waals surface area contributed by atoms with E-state index in [-0.39, 0.29) is 5.91 Å². The van der Waals surface area contributed by atoms with Crippen LogP contribution in [-0.4, -0.2) is 42.9 Å². The molecule has 3 nitrogen and oxygen atoms in total. The second-order valence-electron chi connectivity index (χ2n) is 4.80. The Morgan fingerprint density at radius 2 is 2.35 bits per heavy atom. The first-order valence-electron chi connectivity index (χ1n) is 6.10. The van der Waals surface area contributed by atoms with Crippen molar-refractivity contribution in [2.75, 3.05) is 27.2 Å². The van der Waals surface area contributed by atoms with Gasteiger partial charge >= 0.3 is 0 Å². The second-order valence-corrected chi connectivity index (χ2v) is 5.80. The van der Waals surface area contributed by atoms with Crippen LogP contribution >= 0.6 is 11.3 Å². The molecule has 1 amide bonds. The Labute approximate surface area is 107 Å². The number of amides is 1. The summed E-state index contributed by atoms with van der Waals surface area (Å²) in [5, 5.41) is 2.18. The monoisotopic (exact) mass is 252 g/mol. The topological polar surface area (TPSA) is 23.6 Å². The van der Waals surface area contributed by atoms with Crippen LogP contribution in [0.5, 0.6) is 0 Å². The maximum absolute atomic E-state index is 11.6. The molecular formula is C13H20N2OS. The van der Waals surface area contributed by atoms with Crippen LogP contribution in [0.4, 0.5) is 0 Å². The maximum Gasteiger partial charge on any atom is 0.223 e. The molecular weight excluding hydrogens is 232 g/mol. The van der Waals surface area contributed by atoms with Crippen molar-refractivity contribution in [3.63, 3.8) is 0 Å². The molecule has 0 fully saturated rings. The molecule has 0 bridgehead atoms. The first-order valence-corrected chi connectivity index (χ1v) is 6.98. The van der Waals surface area contributed by atoms with Crippen LogP contribution < -0.4 is 0 Å². The number of thiophene rings is 1. The van der Waals surface area contributed by atoms with E-state index >= 15 is 0 Å². The Morgan fingerprint density at radius 1 is 1.59 bits per heavy atom. The van der Waals surface area contributed by atoms with E-state index < -0.39 is 0 Å². The van der Waals surface area contributed by atoms with Crippen LogP contribution in [0, 0.1) is 0 Å². The van der Waals surface area contributed by atoms with Gasteiger partial charge in [0.15, 0.2) is 0 Å². The first-order chi connectivity index (χ1) is 8.09. The Bertz CT molecular complexity index is 400. The fraction of sp³-hybridized carbons (Fsp3) is 0.615. The minimum atomic E-state index is 0.216. The summed E-state index contributed by atoms with van der Waals surface area (Å²) in [4.78, 5) is 17.2. The molecule has 2 heterocycles. The number of fused-ring (bicyclic) bond motifs is 1. The molecule has 0 aromatic carbocycles. The highest BCUT2D eigenvalue weighted by atomic mass is 32.1. The lowest BCUT2D eigenvalue weighted by Gasteiger charge is -2.33. The van der Waals surface area contributed by atoms with Gasteiger partial charge < -0.3 is 4.90 Å². The van der Waals surface area contributed by atoms with Gasteiger partial charge in [-0.05, 0) is 30.4 Å². The molecule has 94 valence electrons. The van der Waals surface area contributed by atoms with Gasteiger partial charge in [0.05, 0.1) is 0 Å². The van der Waals surface area contributed by atoms with E-state index in [1.165, 1.54) is 10.4 Å². The van der Waals surface area contributed by atoms with Crippen LogP contribution in [0.1, 0.15) is 29.8 Å². The summed E-state index contributed by atoms with van der Waals surface area (Å²) >= 11 is 1.86. The number of nitrogens with zero attached hydrogens (tertiary/aromatic N) is 2. The van der Waals surface area contributed by atoms with Crippen molar-refractivity contribution >= 4 is 17.2 Å². The molecule has 0 N–H and O–H groups in total. The molecule has 0 saturated carbocycles. The van der Waals surface area contributed by atoms with Gasteiger partial charge in [-0.15, -0.1) is 11.3 Å². The van der Waals surface area contributed by atoms with Crippen molar-refractivity contribution in [1.82, 2.24) is 9.80 Å². The van der Waals surface area contributed by atoms with Crippen LogP contribution in [0.25, 0.3) is 0 Å². The highest BCUT2D eigenvalue weighted by Gasteiger charge is 2.24. The predicted octanol–water partition coefficient (Wildman–Crippen LogP) is 2.15. The summed E-state index contributed by atoms with van der Waals surface area (Å²) in [6, 6.07) is 2.69. The van der Waals surface area contributed by atoms with Crippen molar-refractivity contribution < 1.29 is 4.79 Å². The zero-order chi connectivity index (χ0) is 12.4. The van der Waals surface area contributed by atoms with Gasteiger partial charge in [0, 0.05) is 44.5 Å². The summed E-state index contributed by atoms with van der Waals surface area (Å²) in [6.07, 6.45) is 1.75. The molecule has 1 aromatic rings. The third-order valence-electron chi connectivity index (χ3n) is 3.52. The van der Waals surface area contributed by atoms with Crippen LogP contribution in [0.2, 0.25) is 0 Å². The molecule has 1 aromatic heterocycles. The van der Waals surface area contributed by atoms with Gasteiger partial charge in [0.2, 0.25) is 5.91 Å². The van der Waals surface area contributed by atoms with Gasteiger partial charge in [0.25, 0.3) is 0 Å². The van der Waals surface area contributed by atoms with E-state index in [4.69, 9.17) is 0 Å². The third-order valence-corrected chi connectivity index (χ3v) is 4.51. The molecule has 17 heavy (non-hydrogen) atoms. The fourth-order valence-corrected chi connectivity index (χ4v) is 3.29. The minimum absolute atomic E-state index is 0.216. The minimum Gasteiger partial charge on any atom is -0.349 e. The lowest BCUT2D eigenvalue weighted by molar-refractivity contribution is -0.129. The molecule has 1 aliphatic rings. The summed E-state index contributed by atoms with van der Waals surface area (Å²) in [5.41, 5.74) is 1.46. The van der Waals surface area contributed by atoms with Gasteiger partial charge in [-0.2, -0.15) is 0 Å². The molecule has 0 radical (unpaired) electrons. The summed E-state index contributed by atoms with van der Waals surface area (Å²) in [7, 11) is 3.64. The number of hydrogen-bond donors (Lipinski definition) is 0. The highest BCUT2D eigenvalue weighted by Crippen LogP contribution is 2.32. The zero-order valence-corrected chi connectivity index (χ0v) is 11.6. The molecule has 1 unspecified atom stereocenters. The summed E-state index contributed by atoms with van der Waals surface area (Å²) in [5.74, 6) is 0.216. The van der Waals surface area contributed by atoms with E-state index in [1.54, 1.807) is 4.90 Å². The molecule has 4 heteroatoms. The SMILES string of the molecule is CC1c2ccsc2CCN1CCC(=O)N(C)C. The normalized spacial score (nSPS) is 20.1. The largest absolute Gasteiger partial charge is 0.349 e. The van der Waals surface area contributed by atoms with Crippen molar-refractivity contribution in [2.45, 2.75) is 25.8 Å².